The number of imide groups is 2. The van der Waals surface area contributed by atoms with Gasteiger partial charge < -0.3 is 0 Å². The molecule has 0 bridgehead atoms. The third kappa shape index (κ3) is 3.67. The zero-order valence-corrected chi connectivity index (χ0v) is 14.8. The highest BCUT2D eigenvalue weighted by molar-refractivity contribution is 6.43. The molecule has 1 fully saturated rings. The van der Waals surface area contributed by atoms with E-state index in [4.69, 9.17) is 23.2 Å². The van der Waals surface area contributed by atoms with Gasteiger partial charge in [-0.25, -0.2) is 9.69 Å². The molecule has 0 spiro atoms. The third-order valence-corrected chi connectivity index (χ3v) is 4.42. The molecule has 1 N–H and O–H groups in total. The summed E-state index contributed by atoms with van der Waals surface area (Å²) in [6.45, 7) is 0. The molecule has 8 nitrogen and oxygen atoms in total. The van der Waals surface area contributed by atoms with Crippen molar-refractivity contribution in [3.8, 4) is 0 Å². The van der Waals surface area contributed by atoms with Gasteiger partial charge in [0.1, 0.15) is 5.57 Å². The molecule has 0 radical (unpaired) electrons. The molecule has 3 rings (SSSR count). The third-order valence-electron chi connectivity index (χ3n) is 3.68. The lowest BCUT2D eigenvalue weighted by molar-refractivity contribution is -0.384. The number of carbonyl (C=O) groups excluding carboxylic acids is 3. The Hall–Kier alpha value is -3.23. The number of hydrogen-bond donors (Lipinski definition) is 1. The zero-order valence-electron chi connectivity index (χ0n) is 13.3. The first-order chi connectivity index (χ1) is 12.8. The molecular formula is C17H9Cl2N3O5. The number of urea groups is 1. The Labute approximate surface area is 162 Å². The first-order valence-corrected chi connectivity index (χ1v) is 8.14. The Bertz CT molecular complexity index is 1020. The van der Waals surface area contributed by atoms with Crippen LogP contribution in [0.3, 0.4) is 0 Å². The van der Waals surface area contributed by atoms with Gasteiger partial charge in [-0.1, -0.05) is 23.2 Å². The largest absolute Gasteiger partial charge is 0.335 e. The number of nitrogens with one attached hydrogen (secondary N) is 1. The summed E-state index contributed by atoms with van der Waals surface area (Å²) in [5, 5.41) is 13.1. The Kier molecular flexibility index (Phi) is 4.93. The minimum absolute atomic E-state index is 0.132. The van der Waals surface area contributed by atoms with Crippen molar-refractivity contribution >= 4 is 58.5 Å². The Morgan fingerprint density at radius 2 is 1.67 bits per heavy atom. The zero-order chi connectivity index (χ0) is 19.7. The van der Waals surface area contributed by atoms with E-state index in [1.807, 2.05) is 0 Å². The van der Waals surface area contributed by atoms with E-state index < -0.39 is 22.8 Å². The molecule has 2 aromatic carbocycles. The van der Waals surface area contributed by atoms with Crippen LogP contribution < -0.4 is 10.2 Å². The van der Waals surface area contributed by atoms with E-state index in [2.05, 4.69) is 5.32 Å². The van der Waals surface area contributed by atoms with Crippen LogP contribution in [0.15, 0.2) is 48.0 Å². The van der Waals surface area contributed by atoms with Gasteiger partial charge in [-0.3, -0.25) is 25.0 Å². The van der Waals surface area contributed by atoms with Crippen LogP contribution in [0.4, 0.5) is 16.2 Å². The van der Waals surface area contributed by atoms with Crippen LogP contribution in [0.1, 0.15) is 5.56 Å². The average molecular weight is 406 g/mol. The average Bonchev–Trinajstić information content (AvgIpc) is 2.62. The van der Waals surface area contributed by atoms with E-state index in [9.17, 15) is 24.5 Å². The molecule has 1 aliphatic heterocycles. The molecule has 136 valence electrons. The van der Waals surface area contributed by atoms with E-state index in [1.165, 1.54) is 48.5 Å². The summed E-state index contributed by atoms with van der Waals surface area (Å²) in [6, 6.07) is 8.45. The molecule has 4 amide bonds. The van der Waals surface area contributed by atoms with Crippen LogP contribution in [0.25, 0.3) is 6.08 Å². The van der Waals surface area contributed by atoms with E-state index >= 15 is 0 Å². The van der Waals surface area contributed by atoms with Crippen LogP contribution in [-0.2, 0) is 9.59 Å². The maximum Gasteiger partial charge on any atom is 0.335 e. The number of rotatable bonds is 3. The van der Waals surface area contributed by atoms with Crippen molar-refractivity contribution in [3.63, 3.8) is 0 Å². The van der Waals surface area contributed by atoms with Gasteiger partial charge in [-0.15, -0.1) is 0 Å². The summed E-state index contributed by atoms with van der Waals surface area (Å²) >= 11 is 11.8. The lowest BCUT2D eigenvalue weighted by Gasteiger charge is -2.26. The van der Waals surface area contributed by atoms with Crippen molar-refractivity contribution in [2.45, 2.75) is 0 Å². The number of nitro groups is 1. The molecule has 0 saturated carbocycles. The topological polar surface area (TPSA) is 110 Å². The maximum atomic E-state index is 12.7. The molecule has 27 heavy (non-hydrogen) atoms. The molecule has 1 saturated heterocycles. The molecule has 0 aromatic heterocycles. The first kappa shape index (κ1) is 18.6. The molecule has 1 aliphatic rings. The van der Waals surface area contributed by atoms with Crippen molar-refractivity contribution in [1.82, 2.24) is 5.32 Å². The molecular weight excluding hydrogens is 397 g/mol. The van der Waals surface area contributed by atoms with E-state index in [1.54, 1.807) is 0 Å². The lowest BCUT2D eigenvalue weighted by Crippen LogP contribution is -2.54. The van der Waals surface area contributed by atoms with Gasteiger partial charge in [-0.2, -0.15) is 0 Å². The predicted molar refractivity (Wildman–Crippen MR) is 98.6 cm³/mol. The second-order valence-electron chi connectivity index (χ2n) is 5.40. The van der Waals surface area contributed by atoms with Gasteiger partial charge >= 0.3 is 6.03 Å². The van der Waals surface area contributed by atoms with Gasteiger partial charge in [0.25, 0.3) is 17.5 Å². The van der Waals surface area contributed by atoms with Crippen LogP contribution >= 0.6 is 23.2 Å². The smallest absolute Gasteiger partial charge is 0.273 e. The number of nitro benzene ring substituents is 1. The molecule has 1 heterocycles. The number of non-ortho nitro benzene ring substituents is 1. The van der Waals surface area contributed by atoms with Gasteiger partial charge in [0, 0.05) is 12.1 Å². The summed E-state index contributed by atoms with van der Waals surface area (Å²) in [5.74, 6) is -1.74. The monoisotopic (exact) mass is 405 g/mol. The second-order valence-corrected chi connectivity index (χ2v) is 6.22. The Morgan fingerprint density at radius 1 is 1.00 bits per heavy atom. The first-order valence-electron chi connectivity index (χ1n) is 7.39. The molecule has 10 heteroatoms. The van der Waals surface area contributed by atoms with Crippen molar-refractivity contribution in [3.05, 3.63) is 73.8 Å². The van der Waals surface area contributed by atoms with Crippen molar-refractivity contribution in [2.24, 2.45) is 0 Å². The highest BCUT2D eigenvalue weighted by atomic mass is 35.5. The van der Waals surface area contributed by atoms with Gasteiger partial charge in [0.05, 0.1) is 20.7 Å². The standard InChI is InChI=1S/C17H9Cl2N3O5/c18-13-6-5-11(8-14(13)19)21-16(24)12(15(23)20-17(21)25)7-9-1-3-10(4-2-9)22(26)27/h1-8H,(H,20,23,25)/b12-7+. The van der Waals surface area contributed by atoms with E-state index in [-0.39, 0.29) is 27.0 Å². The molecule has 0 aliphatic carbocycles. The maximum absolute atomic E-state index is 12.7. The quantitative estimate of drug-likeness (QED) is 0.363. The van der Waals surface area contributed by atoms with Crippen LogP contribution in [0.2, 0.25) is 10.0 Å². The molecule has 0 unspecified atom stereocenters. The number of carbonyl (C=O) groups is 3. The number of halogens is 2. The van der Waals surface area contributed by atoms with Crippen LogP contribution in [0, 0.1) is 10.1 Å². The minimum atomic E-state index is -0.927. The highest BCUT2D eigenvalue weighted by Crippen LogP contribution is 2.29. The number of anilines is 1. The normalized spacial score (nSPS) is 15.9. The lowest BCUT2D eigenvalue weighted by atomic mass is 10.1. The van der Waals surface area contributed by atoms with Gasteiger partial charge in [0.2, 0.25) is 0 Å². The number of nitrogens with zero attached hydrogens (tertiary/aromatic N) is 2. The summed E-state index contributed by atoms with van der Waals surface area (Å²) in [6.07, 6.45) is 1.23. The Balaban J connectivity index is 1.99. The highest BCUT2D eigenvalue weighted by Gasteiger charge is 2.37. The number of barbiturate groups is 1. The fourth-order valence-electron chi connectivity index (χ4n) is 2.38. The summed E-state index contributed by atoms with van der Waals surface area (Å²) in [4.78, 5) is 47.8. The SMILES string of the molecule is O=C1NC(=O)N(c2ccc(Cl)c(Cl)c2)C(=O)/C1=C/c1ccc([N+](=O)[O-])cc1. The van der Waals surface area contributed by atoms with Gasteiger partial charge in [-0.05, 0) is 42.0 Å². The van der Waals surface area contributed by atoms with Crippen LogP contribution in [-0.4, -0.2) is 22.8 Å². The van der Waals surface area contributed by atoms with E-state index in [0.29, 0.717) is 5.56 Å². The second kappa shape index (κ2) is 7.18. The minimum Gasteiger partial charge on any atom is -0.273 e. The fraction of sp³-hybridized carbons (Fsp3) is 0. The van der Waals surface area contributed by atoms with Crippen molar-refractivity contribution in [2.75, 3.05) is 4.90 Å². The molecule has 2 aromatic rings. The number of amides is 4. The number of hydrogen-bond acceptors (Lipinski definition) is 5. The van der Waals surface area contributed by atoms with Crippen molar-refractivity contribution in [1.29, 1.82) is 0 Å². The van der Waals surface area contributed by atoms with Crippen molar-refractivity contribution < 1.29 is 19.3 Å². The van der Waals surface area contributed by atoms with Gasteiger partial charge in [0.15, 0.2) is 0 Å². The fourth-order valence-corrected chi connectivity index (χ4v) is 2.67. The summed E-state index contributed by atoms with van der Waals surface area (Å²) in [7, 11) is 0. The molecule has 0 atom stereocenters. The predicted octanol–water partition coefficient (Wildman–Crippen LogP) is 3.57. The van der Waals surface area contributed by atoms with Crippen LogP contribution in [0.5, 0.6) is 0 Å². The summed E-state index contributed by atoms with van der Waals surface area (Å²) < 4.78 is 0. The van der Waals surface area contributed by atoms with E-state index in [0.717, 1.165) is 4.90 Å². The summed E-state index contributed by atoms with van der Waals surface area (Å²) in [5.41, 5.74) is 0.0650. The number of benzene rings is 2. The Morgan fingerprint density at radius 3 is 2.26 bits per heavy atom.